The van der Waals surface area contributed by atoms with Crippen molar-refractivity contribution in [3.63, 3.8) is 0 Å². The molecule has 112 valence electrons. The fourth-order valence-corrected chi connectivity index (χ4v) is 1.68. The molecular formula is C15H18N2O4. The number of rotatable bonds is 6. The van der Waals surface area contributed by atoms with Gasteiger partial charge in [0.1, 0.15) is 0 Å². The molecule has 1 aromatic rings. The van der Waals surface area contributed by atoms with E-state index in [4.69, 9.17) is 10.2 Å². The van der Waals surface area contributed by atoms with E-state index >= 15 is 0 Å². The summed E-state index contributed by atoms with van der Waals surface area (Å²) in [4.78, 5) is 24.2. The highest BCUT2D eigenvalue weighted by molar-refractivity contribution is 5.93. The average Bonchev–Trinajstić information content (AvgIpc) is 2.49. The molecule has 0 aliphatic heterocycles. The standard InChI is InChI=1S/C15H18N2O4/c1-2-3-4-9-16-15(21)17(10-11-18)13-7-5-12(6-8-13)14(19)20/h5-8,18H,4,9-11H2,1H3,(H,16,21)(H,19,20). The fraction of sp³-hybridized carbons (Fsp3) is 0.333. The van der Waals surface area contributed by atoms with Gasteiger partial charge in [-0.05, 0) is 31.2 Å². The number of aliphatic hydroxyl groups is 1. The lowest BCUT2D eigenvalue weighted by atomic mass is 10.2. The molecule has 1 aromatic carbocycles. The molecule has 0 radical (unpaired) electrons. The number of hydrogen-bond acceptors (Lipinski definition) is 3. The smallest absolute Gasteiger partial charge is 0.335 e. The molecule has 0 saturated carbocycles. The molecule has 0 fully saturated rings. The highest BCUT2D eigenvalue weighted by Crippen LogP contribution is 2.15. The van der Waals surface area contributed by atoms with Gasteiger partial charge < -0.3 is 15.5 Å². The van der Waals surface area contributed by atoms with Crippen LogP contribution in [-0.4, -0.2) is 41.9 Å². The number of carboxylic acid groups (broad SMARTS) is 1. The van der Waals surface area contributed by atoms with Crippen LogP contribution in [0, 0.1) is 11.8 Å². The zero-order valence-corrected chi connectivity index (χ0v) is 11.8. The van der Waals surface area contributed by atoms with Crippen LogP contribution in [0.2, 0.25) is 0 Å². The molecule has 0 spiro atoms. The van der Waals surface area contributed by atoms with E-state index in [2.05, 4.69) is 17.2 Å². The molecule has 21 heavy (non-hydrogen) atoms. The first-order valence-electron chi connectivity index (χ1n) is 6.49. The maximum Gasteiger partial charge on any atom is 0.335 e. The Morgan fingerprint density at radius 1 is 1.29 bits per heavy atom. The van der Waals surface area contributed by atoms with Gasteiger partial charge >= 0.3 is 12.0 Å². The SMILES string of the molecule is CC#CCCNC(=O)N(CCO)c1ccc(C(=O)O)cc1. The minimum absolute atomic E-state index is 0.123. The van der Waals surface area contributed by atoms with Crippen LogP contribution in [-0.2, 0) is 0 Å². The summed E-state index contributed by atoms with van der Waals surface area (Å²) < 4.78 is 0. The lowest BCUT2D eigenvalue weighted by Crippen LogP contribution is -2.42. The number of nitrogens with zero attached hydrogens (tertiary/aromatic N) is 1. The van der Waals surface area contributed by atoms with E-state index in [1.165, 1.54) is 29.2 Å². The third kappa shape index (κ3) is 5.16. The van der Waals surface area contributed by atoms with Gasteiger partial charge in [-0.25, -0.2) is 9.59 Å². The monoisotopic (exact) mass is 290 g/mol. The fourth-order valence-electron chi connectivity index (χ4n) is 1.68. The summed E-state index contributed by atoms with van der Waals surface area (Å²) in [5, 5.41) is 20.6. The Balaban J connectivity index is 2.76. The Labute approximate surface area is 123 Å². The summed E-state index contributed by atoms with van der Waals surface area (Å²) >= 11 is 0. The molecule has 0 atom stereocenters. The van der Waals surface area contributed by atoms with Gasteiger partial charge in [0, 0.05) is 18.7 Å². The molecule has 0 aromatic heterocycles. The van der Waals surface area contributed by atoms with Crippen molar-refractivity contribution in [1.29, 1.82) is 0 Å². The van der Waals surface area contributed by atoms with Crippen LogP contribution in [0.1, 0.15) is 23.7 Å². The number of amides is 2. The van der Waals surface area contributed by atoms with Crippen LogP contribution in [0.4, 0.5) is 10.5 Å². The highest BCUT2D eigenvalue weighted by Gasteiger charge is 2.15. The van der Waals surface area contributed by atoms with Gasteiger partial charge in [0.15, 0.2) is 0 Å². The van der Waals surface area contributed by atoms with E-state index in [0.29, 0.717) is 18.7 Å². The van der Waals surface area contributed by atoms with Crippen molar-refractivity contribution in [3.8, 4) is 11.8 Å². The second kappa shape index (κ2) is 8.61. The molecule has 0 unspecified atom stereocenters. The summed E-state index contributed by atoms with van der Waals surface area (Å²) in [5.74, 6) is 4.54. The van der Waals surface area contributed by atoms with Gasteiger partial charge in [0.05, 0.1) is 18.7 Å². The molecular weight excluding hydrogens is 272 g/mol. The van der Waals surface area contributed by atoms with Crippen LogP contribution < -0.4 is 10.2 Å². The molecule has 2 amide bonds. The zero-order chi connectivity index (χ0) is 15.7. The van der Waals surface area contributed by atoms with Crippen LogP contribution in [0.15, 0.2) is 24.3 Å². The Bertz CT molecular complexity index is 543. The van der Waals surface area contributed by atoms with Crippen LogP contribution in [0.3, 0.4) is 0 Å². The average molecular weight is 290 g/mol. The molecule has 0 aliphatic carbocycles. The van der Waals surface area contributed by atoms with Gasteiger partial charge in [0.25, 0.3) is 0 Å². The molecule has 1 rings (SSSR count). The van der Waals surface area contributed by atoms with Gasteiger partial charge in [-0.15, -0.1) is 11.8 Å². The lowest BCUT2D eigenvalue weighted by Gasteiger charge is -2.22. The molecule has 6 nitrogen and oxygen atoms in total. The Morgan fingerprint density at radius 2 is 1.95 bits per heavy atom. The summed E-state index contributed by atoms with van der Waals surface area (Å²) in [6.07, 6.45) is 0.549. The minimum Gasteiger partial charge on any atom is -0.478 e. The first kappa shape index (κ1) is 16.5. The van der Waals surface area contributed by atoms with Gasteiger partial charge in [-0.3, -0.25) is 4.90 Å². The topological polar surface area (TPSA) is 89.9 Å². The molecule has 0 aliphatic rings. The molecule has 0 bridgehead atoms. The van der Waals surface area contributed by atoms with E-state index in [0.717, 1.165) is 0 Å². The highest BCUT2D eigenvalue weighted by atomic mass is 16.4. The van der Waals surface area contributed by atoms with E-state index < -0.39 is 5.97 Å². The molecule has 3 N–H and O–H groups in total. The number of urea groups is 1. The number of carboxylic acids is 1. The van der Waals surface area contributed by atoms with Crippen molar-refractivity contribution in [2.75, 3.05) is 24.6 Å². The maximum atomic E-state index is 12.1. The van der Waals surface area contributed by atoms with Gasteiger partial charge in [-0.2, -0.15) is 0 Å². The quantitative estimate of drug-likeness (QED) is 0.544. The van der Waals surface area contributed by atoms with Crippen LogP contribution in [0.25, 0.3) is 0 Å². The summed E-state index contributed by atoms with van der Waals surface area (Å²) in [6.45, 7) is 2.07. The van der Waals surface area contributed by atoms with E-state index in [9.17, 15) is 9.59 Å². The first-order chi connectivity index (χ1) is 10.1. The van der Waals surface area contributed by atoms with Crippen LogP contribution in [0.5, 0.6) is 0 Å². The van der Waals surface area contributed by atoms with Crippen molar-refractivity contribution in [2.45, 2.75) is 13.3 Å². The number of carbonyl (C=O) groups is 2. The van der Waals surface area contributed by atoms with Crippen LogP contribution >= 0.6 is 0 Å². The van der Waals surface area contributed by atoms with E-state index in [1.54, 1.807) is 6.92 Å². The number of anilines is 1. The minimum atomic E-state index is -1.03. The normalized spacial score (nSPS) is 9.43. The van der Waals surface area contributed by atoms with Crippen molar-refractivity contribution in [2.24, 2.45) is 0 Å². The van der Waals surface area contributed by atoms with Crippen molar-refractivity contribution in [3.05, 3.63) is 29.8 Å². The Morgan fingerprint density at radius 3 is 2.48 bits per heavy atom. The van der Waals surface area contributed by atoms with Gasteiger partial charge in [0.2, 0.25) is 0 Å². The molecule has 0 heterocycles. The van der Waals surface area contributed by atoms with Gasteiger partial charge in [-0.1, -0.05) is 0 Å². The van der Waals surface area contributed by atoms with Crippen molar-refractivity contribution in [1.82, 2.24) is 5.32 Å². The predicted molar refractivity (Wildman–Crippen MR) is 79.3 cm³/mol. The molecule has 0 saturated heterocycles. The number of nitrogens with one attached hydrogen (secondary N) is 1. The third-order valence-corrected chi connectivity index (χ3v) is 2.70. The Kier molecular flexibility index (Phi) is 6.78. The number of hydrogen-bond donors (Lipinski definition) is 3. The number of carbonyl (C=O) groups excluding carboxylic acids is 1. The first-order valence-corrected chi connectivity index (χ1v) is 6.49. The second-order valence-corrected chi connectivity index (χ2v) is 4.14. The number of benzene rings is 1. The summed E-state index contributed by atoms with van der Waals surface area (Å²) in [6, 6.07) is 5.54. The van der Waals surface area contributed by atoms with Crippen molar-refractivity contribution < 1.29 is 19.8 Å². The zero-order valence-electron chi connectivity index (χ0n) is 11.8. The maximum absolute atomic E-state index is 12.1. The molecule has 6 heteroatoms. The summed E-state index contributed by atoms with van der Waals surface area (Å²) in [7, 11) is 0. The number of aliphatic hydroxyl groups excluding tert-OH is 1. The largest absolute Gasteiger partial charge is 0.478 e. The third-order valence-electron chi connectivity index (χ3n) is 2.70. The summed E-state index contributed by atoms with van der Waals surface area (Å²) in [5.41, 5.74) is 0.662. The number of aromatic carboxylic acids is 1. The lowest BCUT2D eigenvalue weighted by molar-refractivity contribution is 0.0697. The van der Waals surface area contributed by atoms with E-state index in [-0.39, 0.29) is 24.7 Å². The van der Waals surface area contributed by atoms with E-state index in [1.807, 2.05) is 0 Å². The second-order valence-electron chi connectivity index (χ2n) is 4.14. The Hall–Kier alpha value is -2.52. The predicted octanol–water partition coefficient (Wildman–Crippen LogP) is 1.31. The van der Waals surface area contributed by atoms with Crippen molar-refractivity contribution >= 4 is 17.7 Å².